The van der Waals surface area contributed by atoms with E-state index in [1.807, 2.05) is 27.2 Å². The molecule has 76 heavy (non-hydrogen) atoms. The SMILES string of the molecule is CCCCCCCCCCCCCC/C=C\CCCCCCCCCCCCCCCCCCC(=O)NC(COP(=O)(O)OCC[N+](C)(C)C)C(O)/C=C/CCCCCCCCCCCCCCCCCCCCCC. The van der Waals surface area contributed by atoms with Crippen LogP contribution in [0.2, 0.25) is 0 Å². The van der Waals surface area contributed by atoms with Crippen molar-refractivity contribution in [3.05, 3.63) is 24.3 Å². The standard InChI is InChI=1S/C67H133N2O6P/c1-6-8-10-12-14-16-18-20-22-24-26-28-30-31-32-33-34-35-36-37-38-39-41-43-45-47-49-51-53-55-57-59-61-67(71)68-65(64-75-76(72,73)74-63-62-69(3,4)5)66(70)60-58-56-54-52-50-48-46-44-42-40-29-27-25-23-21-19-17-15-13-11-9-7-2/h31-32,58,60,65-66,70H,6-30,33-57,59,61-64H2,1-5H3,(H-,68,71,72,73)/p+1/b32-31-,60-58+. The van der Waals surface area contributed by atoms with Crippen LogP contribution >= 0.6 is 7.82 Å². The van der Waals surface area contributed by atoms with Gasteiger partial charge in [-0.3, -0.25) is 13.8 Å². The summed E-state index contributed by atoms with van der Waals surface area (Å²) in [6.45, 7) is 4.88. The number of hydrogen-bond donors (Lipinski definition) is 3. The summed E-state index contributed by atoms with van der Waals surface area (Å²) in [5, 5.41) is 14.0. The van der Waals surface area contributed by atoms with E-state index in [1.54, 1.807) is 6.08 Å². The number of allylic oxidation sites excluding steroid dienone is 3. The van der Waals surface area contributed by atoms with Crippen LogP contribution in [0.25, 0.3) is 0 Å². The summed E-state index contributed by atoms with van der Waals surface area (Å²) in [5.74, 6) is -0.170. The summed E-state index contributed by atoms with van der Waals surface area (Å²) >= 11 is 0. The molecule has 1 amide bonds. The molecule has 0 aliphatic rings. The van der Waals surface area contributed by atoms with Crippen LogP contribution in [0, 0.1) is 0 Å². The van der Waals surface area contributed by atoms with Gasteiger partial charge in [0.1, 0.15) is 13.2 Å². The van der Waals surface area contributed by atoms with E-state index >= 15 is 0 Å². The van der Waals surface area contributed by atoms with Crippen LogP contribution in [0.5, 0.6) is 0 Å². The highest BCUT2D eigenvalue weighted by Crippen LogP contribution is 2.43. The van der Waals surface area contributed by atoms with Crippen molar-refractivity contribution in [2.75, 3.05) is 40.9 Å². The van der Waals surface area contributed by atoms with E-state index in [4.69, 9.17) is 9.05 Å². The maximum absolute atomic E-state index is 13.0. The predicted molar refractivity (Wildman–Crippen MR) is 332 cm³/mol. The van der Waals surface area contributed by atoms with Crippen molar-refractivity contribution in [3.8, 4) is 0 Å². The molecule has 0 saturated heterocycles. The zero-order chi connectivity index (χ0) is 55.6. The summed E-state index contributed by atoms with van der Waals surface area (Å²) in [6, 6.07) is -0.845. The van der Waals surface area contributed by atoms with Gasteiger partial charge in [0.2, 0.25) is 5.91 Å². The Morgan fingerprint density at radius 1 is 0.434 bits per heavy atom. The number of nitrogens with one attached hydrogen (secondary N) is 1. The first-order valence-electron chi connectivity index (χ1n) is 33.7. The number of quaternary nitrogens is 1. The molecule has 452 valence electrons. The molecule has 0 fully saturated rings. The Bertz CT molecular complexity index is 1290. The summed E-state index contributed by atoms with van der Waals surface area (Å²) in [6.07, 6.45) is 76.0. The van der Waals surface area contributed by atoms with Gasteiger partial charge in [0.05, 0.1) is 39.9 Å². The molecule has 0 bridgehead atoms. The summed E-state index contributed by atoms with van der Waals surface area (Å²) in [7, 11) is 1.59. The maximum atomic E-state index is 13.0. The van der Waals surface area contributed by atoms with Crippen LogP contribution in [0.3, 0.4) is 0 Å². The van der Waals surface area contributed by atoms with E-state index in [9.17, 15) is 19.4 Å². The van der Waals surface area contributed by atoms with E-state index in [-0.39, 0.29) is 19.1 Å². The number of likely N-dealkylation sites (N-methyl/N-ethyl adjacent to an activating group) is 1. The summed E-state index contributed by atoms with van der Waals surface area (Å²) in [5.41, 5.74) is 0. The van der Waals surface area contributed by atoms with Crippen LogP contribution in [-0.4, -0.2) is 73.4 Å². The maximum Gasteiger partial charge on any atom is 0.472 e. The highest BCUT2D eigenvalue weighted by atomic mass is 31.2. The minimum atomic E-state index is -4.35. The monoisotopic (exact) mass is 1090 g/mol. The molecule has 3 N–H and O–H groups in total. The Hall–Kier alpha value is -1.02. The highest BCUT2D eigenvalue weighted by Gasteiger charge is 2.28. The molecule has 3 atom stereocenters. The normalized spacial score (nSPS) is 13.8. The van der Waals surface area contributed by atoms with Gasteiger partial charge >= 0.3 is 7.82 Å². The Morgan fingerprint density at radius 2 is 0.711 bits per heavy atom. The molecule has 0 aromatic rings. The molecule has 0 radical (unpaired) electrons. The number of nitrogens with zero attached hydrogens (tertiary/aromatic N) is 1. The first-order chi connectivity index (χ1) is 37.0. The third-order valence-electron chi connectivity index (χ3n) is 15.7. The van der Waals surface area contributed by atoms with Crippen LogP contribution < -0.4 is 5.32 Å². The van der Waals surface area contributed by atoms with Crippen molar-refractivity contribution in [2.24, 2.45) is 0 Å². The van der Waals surface area contributed by atoms with Crippen LogP contribution in [-0.2, 0) is 18.4 Å². The zero-order valence-electron chi connectivity index (χ0n) is 51.8. The molecule has 0 aliphatic carbocycles. The fourth-order valence-electron chi connectivity index (χ4n) is 10.4. The van der Waals surface area contributed by atoms with Gasteiger partial charge in [0.25, 0.3) is 0 Å². The van der Waals surface area contributed by atoms with Gasteiger partial charge in [-0.05, 0) is 44.9 Å². The van der Waals surface area contributed by atoms with Crippen molar-refractivity contribution in [1.29, 1.82) is 0 Å². The number of phosphoric acid groups is 1. The second kappa shape index (κ2) is 58.6. The smallest absolute Gasteiger partial charge is 0.387 e. The number of hydrogen-bond acceptors (Lipinski definition) is 5. The van der Waals surface area contributed by atoms with Gasteiger partial charge in [0, 0.05) is 6.42 Å². The third-order valence-corrected chi connectivity index (χ3v) is 16.6. The summed E-state index contributed by atoms with van der Waals surface area (Å²) in [4.78, 5) is 23.4. The van der Waals surface area contributed by atoms with Gasteiger partial charge in [-0.1, -0.05) is 321 Å². The molecule has 9 heteroatoms. The average molecular weight is 1090 g/mol. The van der Waals surface area contributed by atoms with Crippen molar-refractivity contribution in [1.82, 2.24) is 5.32 Å². The lowest BCUT2D eigenvalue weighted by Crippen LogP contribution is -2.45. The lowest BCUT2D eigenvalue weighted by atomic mass is 10.0. The molecule has 8 nitrogen and oxygen atoms in total. The predicted octanol–water partition coefficient (Wildman–Crippen LogP) is 21.1. The number of unbranched alkanes of at least 4 members (excludes halogenated alkanes) is 48. The molecular weight excluding hydrogens is 960 g/mol. The molecule has 0 heterocycles. The number of carbonyl (C=O) groups is 1. The van der Waals surface area contributed by atoms with Crippen LogP contribution in [0.15, 0.2) is 24.3 Å². The molecule has 0 spiro atoms. The molecule has 0 aromatic heterocycles. The topological polar surface area (TPSA) is 105 Å². The Morgan fingerprint density at radius 3 is 1.01 bits per heavy atom. The summed E-state index contributed by atoms with van der Waals surface area (Å²) < 4.78 is 23.8. The minimum absolute atomic E-state index is 0.0641. The molecule has 0 rings (SSSR count). The average Bonchev–Trinajstić information content (AvgIpc) is 3.38. The lowest BCUT2D eigenvalue weighted by Gasteiger charge is -2.25. The van der Waals surface area contributed by atoms with Gasteiger partial charge in [-0.15, -0.1) is 0 Å². The number of aliphatic hydroxyl groups is 1. The minimum Gasteiger partial charge on any atom is -0.387 e. The van der Waals surface area contributed by atoms with Gasteiger partial charge in [0.15, 0.2) is 0 Å². The highest BCUT2D eigenvalue weighted by molar-refractivity contribution is 7.47. The molecule has 0 aliphatic heterocycles. The molecule has 3 unspecified atom stereocenters. The Labute approximate surface area is 474 Å². The van der Waals surface area contributed by atoms with E-state index < -0.39 is 20.0 Å². The first kappa shape index (κ1) is 75.0. The van der Waals surface area contributed by atoms with Gasteiger partial charge < -0.3 is 19.8 Å². The van der Waals surface area contributed by atoms with Crippen LogP contribution in [0.1, 0.15) is 348 Å². The molecular formula is C67H134N2O6P+. The molecule has 0 saturated carbocycles. The zero-order valence-corrected chi connectivity index (χ0v) is 52.7. The lowest BCUT2D eigenvalue weighted by molar-refractivity contribution is -0.870. The number of amides is 1. The fourth-order valence-corrected chi connectivity index (χ4v) is 11.1. The second-order valence-electron chi connectivity index (χ2n) is 24.6. The number of carbonyl (C=O) groups excluding carboxylic acids is 1. The molecule has 0 aromatic carbocycles. The van der Waals surface area contributed by atoms with E-state index in [2.05, 4.69) is 31.3 Å². The second-order valence-corrected chi connectivity index (χ2v) is 26.0. The largest absolute Gasteiger partial charge is 0.472 e. The van der Waals surface area contributed by atoms with E-state index in [0.717, 1.165) is 32.1 Å². The quantitative estimate of drug-likeness (QED) is 0.0243. The third kappa shape index (κ3) is 60.6. The number of phosphoric ester groups is 1. The van der Waals surface area contributed by atoms with Crippen molar-refractivity contribution < 1.29 is 32.9 Å². The Kier molecular flexibility index (Phi) is 57.8. The van der Waals surface area contributed by atoms with E-state index in [1.165, 1.54) is 295 Å². The van der Waals surface area contributed by atoms with Gasteiger partial charge in [-0.25, -0.2) is 4.57 Å². The fraction of sp³-hybridized carbons (Fsp3) is 0.925. The Balaban J connectivity index is 4.04. The number of aliphatic hydroxyl groups excluding tert-OH is 1. The van der Waals surface area contributed by atoms with E-state index in [0.29, 0.717) is 17.4 Å². The van der Waals surface area contributed by atoms with Crippen molar-refractivity contribution in [2.45, 2.75) is 360 Å². The van der Waals surface area contributed by atoms with Crippen molar-refractivity contribution in [3.63, 3.8) is 0 Å². The first-order valence-corrected chi connectivity index (χ1v) is 35.2. The van der Waals surface area contributed by atoms with Crippen molar-refractivity contribution >= 4 is 13.7 Å². The van der Waals surface area contributed by atoms with Gasteiger partial charge in [-0.2, -0.15) is 0 Å². The number of rotatable bonds is 63. The van der Waals surface area contributed by atoms with Crippen LogP contribution in [0.4, 0.5) is 0 Å².